The van der Waals surface area contributed by atoms with Crippen LogP contribution in [0.5, 0.6) is 0 Å². The first kappa shape index (κ1) is 15.1. The summed E-state index contributed by atoms with van der Waals surface area (Å²) in [5.41, 5.74) is 1.51. The quantitative estimate of drug-likeness (QED) is 0.909. The first-order valence-corrected chi connectivity index (χ1v) is 6.67. The van der Waals surface area contributed by atoms with E-state index in [0.717, 1.165) is 12.1 Å². The van der Waals surface area contributed by atoms with Gasteiger partial charge < -0.3 is 10.4 Å². The lowest BCUT2D eigenvalue weighted by atomic mass is 10.2. The van der Waals surface area contributed by atoms with E-state index in [1.165, 1.54) is 16.8 Å². The number of benzene rings is 1. The van der Waals surface area contributed by atoms with Gasteiger partial charge >= 0.3 is 5.97 Å². The summed E-state index contributed by atoms with van der Waals surface area (Å²) in [6.07, 6.45) is 0.727. The monoisotopic (exact) mass is 307 g/mol. The lowest BCUT2D eigenvalue weighted by Gasteiger charge is -2.07. The molecule has 0 unspecified atom stereocenters. The molecule has 1 heterocycles. The Morgan fingerprint density at radius 3 is 2.67 bits per heavy atom. The van der Waals surface area contributed by atoms with E-state index in [-0.39, 0.29) is 16.5 Å². The second-order valence-electron chi connectivity index (χ2n) is 4.45. The van der Waals surface area contributed by atoms with Gasteiger partial charge in [-0.3, -0.25) is 9.48 Å². The van der Waals surface area contributed by atoms with Crippen molar-refractivity contribution in [3.63, 3.8) is 0 Å². The molecule has 1 aromatic carbocycles. The fraction of sp³-hybridized carbons (Fsp3) is 0.214. The third kappa shape index (κ3) is 3.22. The number of halogens is 1. The second kappa shape index (κ2) is 5.97. The number of carbonyl (C=O) groups excluding carboxylic acids is 1. The SMILES string of the molecule is CCc1cc(C(=O)Nc2ccc(Cl)c(C(=O)O)c2)n(C)n1. The van der Waals surface area contributed by atoms with Crippen LogP contribution < -0.4 is 5.32 Å². The highest BCUT2D eigenvalue weighted by Crippen LogP contribution is 2.21. The Labute approximate surface area is 126 Å². The predicted octanol–water partition coefficient (Wildman–Crippen LogP) is 2.59. The van der Waals surface area contributed by atoms with E-state index < -0.39 is 5.97 Å². The number of rotatable bonds is 4. The Bertz CT molecular complexity index is 709. The highest BCUT2D eigenvalue weighted by Gasteiger charge is 2.15. The number of aromatic carboxylic acids is 1. The molecule has 0 saturated heterocycles. The van der Waals surface area contributed by atoms with Crippen LogP contribution in [-0.2, 0) is 13.5 Å². The van der Waals surface area contributed by atoms with Gasteiger partial charge in [-0.1, -0.05) is 18.5 Å². The van der Waals surface area contributed by atoms with Crippen LogP contribution in [0.2, 0.25) is 5.02 Å². The zero-order valence-electron chi connectivity index (χ0n) is 11.6. The molecule has 0 aliphatic carbocycles. The largest absolute Gasteiger partial charge is 0.478 e. The van der Waals surface area contributed by atoms with E-state index in [9.17, 15) is 9.59 Å². The minimum absolute atomic E-state index is 0.0614. The van der Waals surface area contributed by atoms with Gasteiger partial charge in [-0.15, -0.1) is 0 Å². The number of carboxylic acid groups (broad SMARTS) is 1. The number of nitrogens with one attached hydrogen (secondary N) is 1. The average Bonchev–Trinajstić information content (AvgIpc) is 2.82. The maximum atomic E-state index is 12.2. The van der Waals surface area contributed by atoms with E-state index in [1.54, 1.807) is 19.2 Å². The summed E-state index contributed by atoms with van der Waals surface area (Å²) in [6.45, 7) is 1.95. The minimum atomic E-state index is -1.15. The van der Waals surface area contributed by atoms with Gasteiger partial charge in [-0.2, -0.15) is 5.10 Å². The molecule has 110 valence electrons. The third-order valence-electron chi connectivity index (χ3n) is 2.98. The van der Waals surface area contributed by atoms with Gasteiger partial charge in [0.2, 0.25) is 0 Å². The van der Waals surface area contributed by atoms with Crippen LogP contribution in [-0.4, -0.2) is 26.8 Å². The fourth-order valence-corrected chi connectivity index (χ4v) is 2.07. The minimum Gasteiger partial charge on any atom is -0.478 e. The number of carboxylic acids is 1. The molecule has 1 amide bonds. The summed E-state index contributed by atoms with van der Waals surface area (Å²) in [6, 6.07) is 5.99. The number of aromatic nitrogens is 2. The van der Waals surface area contributed by atoms with Crippen molar-refractivity contribution in [3.05, 3.63) is 46.2 Å². The highest BCUT2D eigenvalue weighted by molar-refractivity contribution is 6.33. The number of hydrogen-bond donors (Lipinski definition) is 2. The molecular weight excluding hydrogens is 294 g/mol. The van der Waals surface area contributed by atoms with Crippen LogP contribution in [0.3, 0.4) is 0 Å². The van der Waals surface area contributed by atoms with Crippen molar-refractivity contribution in [3.8, 4) is 0 Å². The van der Waals surface area contributed by atoms with Crippen LogP contribution in [0.25, 0.3) is 0 Å². The standard InChI is InChI=1S/C14H14ClN3O3/c1-3-8-7-12(18(2)17-8)13(19)16-9-4-5-11(15)10(6-9)14(20)21/h4-7H,3H2,1-2H3,(H,16,19)(H,20,21). The first-order valence-electron chi connectivity index (χ1n) is 6.29. The van der Waals surface area contributed by atoms with Gasteiger partial charge in [0.15, 0.2) is 0 Å². The average molecular weight is 308 g/mol. The summed E-state index contributed by atoms with van der Waals surface area (Å²) >= 11 is 5.78. The number of amides is 1. The van der Waals surface area contributed by atoms with E-state index in [1.807, 2.05) is 6.92 Å². The molecular formula is C14H14ClN3O3. The Morgan fingerprint density at radius 2 is 2.10 bits per heavy atom. The molecule has 0 radical (unpaired) electrons. The lowest BCUT2D eigenvalue weighted by Crippen LogP contribution is -2.16. The summed E-state index contributed by atoms with van der Waals surface area (Å²) in [5.74, 6) is -1.51. The molecule has 0 fully saturated rings. The summed E-state index contributed by atoms with van der Waals surface area (Å²) in [7, 11) is 1.68. The van der Waals surface area contributed by atoms with Gasteiger partial charge in [0.25, 0.3) is 5.91 Å². The highest BCUT2D eigenvalue weighted by atomic mass is 35.5. The third-order valence-corrected chi connectivity index (χ3v) is 3.31. The Balaban J connectivity index is 2.25. The molecule has 2 rings (SSSR count). The van der Waals surface area contributed by atoms with E-state index in [4.69, 9.17) is 16.7 Å². The van der Waals surface area contributed by atoms with E-state index in [0.29, 0.717) is 11.4 Å². The molecule has 0 aliphatic heterocycles. The zero-order valence-corrected chi connectivity index (χ0v) is 12.3. The molecule has 2 N–H and O–H groups in total. The fourth-order valence-electron chi connectivity index (χ4n) is 1.87. The first-order chi connectivity index (χ1) is 9.92. The molecule has 0 saturated carbocycles. The Morgan fingerprint density at radius 1 is 1.38 bits per heavy atom. The van der Waals surface area contributed by atoms with Crippen LogP contribution in [0, 0.1) is 0 Å². The Hall–Kier alpha value is -2.34. The number of hydrogen-bond acceptors (Lipinski definition) is 3. The van der Waals surface area contributed by atoms with Gasteiger partial charge in [0.1, 0.15) is 5.69 Å². The van der Waals surface area contributed by atoms with E-state index in [2.05, 4.69) is 10.4 Å². The van der Waals surface area contributed by atoms with Crippen molar-refractivity contribution in [2.24, 2.45) is 7.05 Å². The van der Waals surface area contributed by atoms with Gasteiger partial charge in [0, 0.05) is 12.7 Å². The molecule has 0 bridgehead atoms. The van der Waals surface area contributed by atoms with Crippen molar-refractivity contribution in [2.45, 2.75) is 13.3 Å². The number of carbonyl (C=O) groups is 2. The van der Waals surface area contributed by atoms with Gasteiger partial charge in [-0.05, 0) is 30.7 Å². The topological polar surface area (TPSA) is 84.2 Å². The normalized spacial score (nSPS) is 10.4. The number of nitrogens with zero attached hydrogens (tertiary/aromatic N) is 2. The second-order valence-corrected chi connectivity index (χ2v) is 4.86. The summed E-state index contributed by atoms with van der Waals surface area (Å²) in [4.78, 5) is 23.2. The molecule has 2 aromatic rings. The lowest BCUT2D eigenvalue weighted by molar-refractivity contribution is 0.0696. The molecule has 7 heteroatoms. The predicted molar refractivity (Wildman–Crippen MR) is 79.0 cm³/mol. The molecule has 1 aromatic heterocycles. The number of anilines is 1. The van der Waals surface area contributed by atoms with Crippen molar-refractivity contribution < 1.29 is 14.7 Å². The zero-order chi connectivity index (χ0) is 15.6. The van der Waals surface area contributed by atoms with Crippen LogP contribution in [0.15, 0.2) is 24.3 Å². The molecule has 0 atom stereocenters. The molecule has 21 heavy (non-hydrogen) atoms. The Kier molecular flexibility index (Phi) is 4.28. The van der Waals surface area contributed by atoms with E-state index >= 15 is 0 Å². The summed E-state index contributed by atoms with van der Waals surface area (Å²) < 4.78 is 1.49. The van der Waals surface area contributed by atoms with Crippen molar-refractivity contribution in [2.75, 3.05) is 5.32 Å². The van der Waals surface area contributed by atoms with Crippen LogP contribution >= 0.6 is 11.6 Å². The van der Waals surface area contributed by atoms with Crippen LogP contribution in [0.4, 0.5) is 5.69 Å². The maximum Gasteiger partial charge on any atom is 0.337 e. The number of aryl methyl sites for hydroxylation is 2. The molecule has 6 nitrogen and oxygen atoms in total. The van der Waals surface area contributed by atoms with Crippen molar-refractivity contribution >= 4 is 29.2 Å². The van der Waals surface area contributed by atoms with Crippen molar-refractivity contribution in [1.29, 1.82) is 0 Å². The summed E-state index contributed by atoms with van der Waals surface area (Å²) in [5, 5.41) is 16.0. The van der Waals surface area contributed by atoms with Crippen molar-refractivity contribution in [1.82, 2.24) is 9.78 Å². The van der Waals surface area contributed by atoms with Gasteiger partial charge in [-0.25, -0.2) is 4.79 Å². The smallest absolute Gasteiger partial charge is 0.337 e. The molecule has 0 spiro atoms. The van der Waals surface area contributed by atoms with Crippen LogP contribution in [0.1, 0.15) is 33.5 Å². The molecule has 0 aliphatic rings. The maximum absolute atomic E-state index is 12.2. The van der Waals surface area contributed by atoms with Gasteiger partial charge in [0.05, 0.1) is 16.3 Å².